The zero-order chi connectivity index (χ0) is 34.2. The van der Waals surface area contributed by atoms with Gasteiger partial charge in [-0.05, 0) is 105 Å². The van der Waals surface area contributed by atoms with Gasteiger partial charge in [0.25, 0.3) is 0 Å². The van der Waals surface area contributed by atoms with Crippen LogP contribution in [0.2, 0.25) is 0 Å². The van der Waals surface area contributed by atoms with E-state index in [0.717, 1.165) is 17.1 Å². The Morgan fingerprint density at radius 3 is 1.47 bits per heavy atom. The molecule has 1 aliphatic carbocycles. The highest BCUT2D eigenvalue weighted by Gasteiger charge is 2.47. The Morgan fingerprint density at radius 1 is 0.333 bits per heavy atom. The van der Waals surface area contributed by atoms with Crippen LogP contribution in [0.1, 0.15) is 27.8 Å². The molecule has 0 fully saturated rings. The molecule has 8 aromatic rings. The summed E-state index contributed by atoms with van der Waals surface area (Å²) in [5.74, 6) is 0. The van der Waals surface area contributed by atoms with Crippen molar-refractivity contribution in [2.45, 2.75) is 12.3 Å². The first-order valence-corrected chi connectivity index (χ1v) is 17.7. The Bertz CT molecular complexity index is 2450. The Labute approximate surface area is 300 Å². The third-order valence-electron chi connectivity index (χ3n) is 10.5. The summed E-state index contributed by atoms with van der Waals surface area (Å²) in [6.45, 7) is 2.25. The zero-order valence-corrected chi connectivity index (χ0v) is 28.6. The normalized spacial score (nSPS) is 14.5. The van der Waals surface area contributed by atoms with Crippen molar-refractivity contribution < 1.29 is 0 Å². The predicted molar refractivity (Wildman–Crippen MR) is 214 cm³/mol. The van der Waals surface area contributed by atoms with Crippen molar-refractivity contribution in [2.75, 3.05) is 4.90 Å². The van der Waals surface area contributed by atoms with Crippen LogP contribution in [-0.4, -0.2) is 0 Å². The summed E-state index contributed by atoms with van der Waals surface area (Å²) in [5, 5.41) is 0. The monoisotopic (exact) mass is 651 g/mol. The van der Waals surface area contributed by atoms with Crippen molar-refractivity contribution in [2.24, 2.45) is 0 Å². The highest BCUT2D eigenvalue weighted by Crippen LogP contribution is 2.59. The van der Waals surface area contributed by atoms with Crippen molar-refractivity contribution >= 4 is 17.1 Å². The van der Waals surface area contributed by atoms with E-state index in [0.29, 0.717) is 0 Å². The molecular formula is C50H37N. The maximum atomic E-state index is 2.36. The summed E-state index contributed by atoms with van der Waals surface area (Å²) in [5.41, 5.74) is 16.9. The summed E-state index contributed by atoms with van der Waals surface area (Å²) in [6.07, 6.45) is 0. The smallest absolute Gasteiger partial charge is 0.0716 e. The fourth-order valence-corrected chi connectivity index (χ4v) is 8.26. The zero-order valence-electron chi connectivity index (χ0n) is 28.6. The number of nitrogens with zero attached hydrogens (tertiary/aromatic N) is 1. The first-order valence-electron chi connectivity index (χ1n) is 17.7. The molecule has 1 unspecified atom stereocenters. The lowest BCUT2D eigenvalue weighted by Crippen LogP contribution is -2.29. The summed E-state index contributed by atoms with van der Waals surface area (Å²) >= 11 is 0. The first kappa shape index (κ1) is 30.6. The highest BCUT2D eigenvalue weighted by atomic mass is 15.1. The van der Waals surface area contributed by atoms with E-state index in [2.05, 4.69) is 218 Å². The van der Waals surface area contributed by atoms with Gasteiger partial charge in [0, 0.05) is 17.1 Å². The van der Waals surface area contributed by atoms with Crippen molar-refractivity contribution in [3.8, 4) is 33.4 Å². The molecule has 1 nitrogen and oxygen atoms in total. The molecule has 242 valence electrons. The van der Waals surface area contributed by atoms with Crippen LogP contribution < -0.4 is 4.90 Å². The Balaban J connectivity index is 1.24. The van der Waals surface area contributed by atoms with Gasteiger partial charge in [0.1, 0.15) is 0 Å². The van der Waals surface area contributed by atoms with Gasteiger partial charge in [-0.15, -0.1) is 0 Å². The molecule has 51 heavy (non-hydrogen) atoms. The van der Waals surface area contributed by atoms with Gasteiger partial charge >= 0.3 is 0 Å². The second-order valence-corrected chi connectivity index (χ2v) is 13.3. The summed E-state index contributed by atoms with van der Waals surface area (Å²) < 4.78 is 0. The molecule has 0 N–H and O–H groups in total. The topological polar surface area (TPSA) is 3.24 Å². The van der Waals surface area contributed by atoms with Crippen molar-refractivity contribution in [3.05, 3.63) is 234 Å². The second kappa shape index (κ2) is 12.8. The standard InChI is InChI=1S/C50H37N/c1-36-16-11-13-25-46(36)50(47-26-14-12-23-45(47)49-44(24-15-27-48(49)50)39-19-7-3-8-20-39)40-30-34-43(35-31-40)51(41-21-9-4-10-22-41)42-32-28-38(29-33-42)37-17-5-2-6-18-37/h2-35H,1H3. The number of para-hydroxylation sites is 1. The molecule has 0 saturated carbocycles. The molecule has 0 bridgehead atoms. The van der Waals surface area contributed by atoms with Crippen LogP contribution in [0.15, 0.2) is 206 Å². The van der Waals surface area contributed by atoms with E-state index in [1.54, 1.807) is 0 Å². The van der Waals surface area contributed by atoms with E-state index >= 15 is 0 Å². The minimum absolute atomic E-state index is 0.491. The van der Waals surface area contributed by atoms with E-state index in [1.807, 2.05) is 0 Å². The predicted octanol–water partition coefficient (Wildman–Crippen LogP) is 13.2. The molecule has 0 aromatic heterocycles. The lowest BCUT2D eigenvalue weighted by Gasteiger charge is -2.35. The lowest BCUT2D eigenvalue weighted by molar-refractivity contribution is 0.761. The van der Waals surface area contributed by atoms with E-state index in [9.17, 15) is 0 Å². The minimum atomic E-state index is -0.491. The maximum absolute atomic E-state index is 2.36. The molecule has 0 spiro atoms. The number of aryl methyl sites for hydroxylation is 1. The molecule has 1 aliphatic rings. The molecule has 0 heterocycles. The van der Waals surface area contributed by atoms with Crippen LogP contribution in [0.3, 0.4) is 0 Å². The van der Waals surface area contributed by atoms with Crippen LogP contribution in [0.25, 0.3) is 33.4 Å². The van der Waals surface area contributed by atoms with Gasteiger partial charge in [0.15, 0.2) is 0 Å². The van der Waals surface area contributed by atoms with Crippen LogP contribution >= 0.6 is 0 Å². The van der Waals surface area contributed by atoms with E-state index < -0.39 is 5.41 Å². The third kappa shape index (κ3) is 5.09. The fraction of sp³-hybridized carbons (Fsp3) is 0.0400. The van der Waals surface area contributed by atoms with Crippen molar-refractivity contribution in [1.29, 1.82) is 0 Å². The number of fused-ring (bicyclic) bond motifs is 3. The Morgan fingerprint density at radius 2 is 0.804 bits per heavy atom. The molecule has 0 amide bonds. The van der Waals surface area contributed by atoms with Crippen LogP contribution in [0, 0.1) is 6.92 Å². The average molecular weight is 652 g/mol. The average Bonchev–Trinajstić information content (AvgIpc) is 3.51. The summed E-state index contributed by atoms with van der Waals surface area (Å²) in [4.78, 5) is 2.35. The molecule has 0 radical (unpaired) electrons. The SMILES string of the molecule is Cc1ccccc1C1(c2ccc(N(c3ccccc3)c3ccc(-c4ccccc4)cc3)cc2)c2ccccc2-c2c(-c3ccccc3)cccc21. The van der Waals surface area contributed by atoms with Gasteiger partial charge in [-0.25, -0.2) is 0 Å². The van der Waals surface area contributed by atoms with Gasteiger partial charge in [0.05, 0.1) is 5.41 Å². The number of anilines is 3. The molecule has 0 aliphatic heterocycles. The van der Waals surface area contributed by atoms with Crippen molar-refractivity contribution in [1.82, 2.24) is 0 Å². The van der Waals surface area contributed by atoms with E-state index in [-0.39, 0.29) is 0 Å². The van der Waals surface area contributed by atoms with Gasteiger partial charge in [-0.2, -0.15) is 0 Å². The third-order valence-corrected chi connectivity index (χ3v) is 10.5. The van der Waals surface area contributed by atoms with Crippen LogP contribution in [0.5, 0.6) is 0 Å². The number of hydrogen-bond acceptors (Lipinski definition) is 1. The van der Waals surface area contributed by atoms with E-state index in [1.165, 1.54) is 61.2 Å². The molecular weight excluding hydrogens is 615 g/mol. The Hall–Kier alpha value is -6.44. The van der Waals surface area contributed by atoms with Gasteiger partial charge in [0.2, 0.25) is 0 Å². The first-order chi connectivity index (χ1) is 25.2. The van der Waals surface area contributed by atoms with Gasteiger partial charge in [-0.3, -0.25) is 0 Å². The molecule has 9 rings (SSSR count). The fourth-order valence-electron chi connectivity index (χ4n) is 8.26. The van der Waals surface area contributed by atoms with Crippen LogP contribution in [-0.2, 0) is 5.41 Å². The molecule has 0 saturated heterocycles. The van der Waals surface area contributed by atoms with Gasteiger partial charge in [-0.1, -0.05) is 170 Å². The molecule has 1 heteroatoms. The summed E-state index contributed by atoms with van der Waals surface area (Å²) in [6, 6.07) is 75.1. The number of rotatable bonds is 7. The lowest BCUT2D eigenvalue weighted by atomic mass is 9.66. The van der Waals surface area contributed by atoms with Gasteiger partial charge < -0.3 is 4.90 Å². The maximum Gasteiger partial charge on any atom is 0.0716 e. The second-order valence-electron chi connectivity index (χ2n) is 13.3. The molecule has 8 aromatic carbocycles. The minimum Gasteiger partial charge on any atom is -0.311 e. The largest absolute Gasteiger partial charge is 0.311 e. The molecule has 1 atom stereocenters. The van der Waals surface area contributed by atoms with Crippen molar-refractivity contribution in [3.63, 3.8) is 0 Å². The highest BCUT2D eigenvalue weighted by molar-refractivity contribution is 5.95. The number of benzene rings is 8. The number of hydrogen-bond donors (Lipinski definition) is 0. The van der Waals surface area contributed by atoms with E-state index in [4.69, 9.17) is 0 Å². The quantitative estimate of drug-likeness (QED) is 0.166. The summed E-state index contributed by atoms with van der Waals surface area (Å²) in [7, 11) is 0. The van der Waals surface area contributed by atoms with Crippen LogP contribution in [0.4, 0.5) is 17.1 Å². The Kier molecular flexibility index (Phi) is 7.67.